The predicted octanol–water partition coefficient (Wildman–Crippen LogP) is 1.11. The lowest BCUT2D eigenvalue weighted by atomic mass is 10.0. The second-order valence-corrected chi connectivity index (χ2v) is 8.79. The molecule has 5 heteroatoms. The Balaban J connectivity index is 1.55. The second kappa shape index (κ2) is 9.02. The molecule has 3 aromatic rings. The van der Waals surface area contributed by atoms with Crippen molar-refractivity contribution in [3.8, 4) is 5.75 Å². The summed E-state index contributed by atoms with van der Waals surface area (Å²) in [5, 5.41) is 0.710. The maximum Gasteiger partial charge on any atom is 0.198 e. The van der Waals surface area contributed by atoms with E-state index in [0.29, 0.717) is 18.0 Å². The largest absolute Gasteiger partial charge is 0.489 e. The van der Waals surface area contributed by atoms with Crippen LogP contribution in [0.2, 0.25) is 0 Å². The number of quaternary nitrogens is 2. The Morgan fingerprint density at radius 1 is 1.13 bits per heavy atom. The summed E-state index contributed by atoms with van der Waals surface area (Å²) in [6.07, 6.45) is 2.44. The van der Waals surface area contributed by atoms with Crippen molar-refractivity contribution >= 4 is 10.9 Å². The standard InChI is InChI=1S/C25H31N3O2/c1-18-23(16-28(3)20-11-13-27(2)14-12-20)25(29)22-15-21(9-10-24(22)26-18)30-17-19-7-5-4-6-8-19/h4-10,15,20H,11-14,16-17H2,1-3H3,(H,26,29)/p+2. The molecule has 2 aromatic carbocycles. The Morgan fingerprint density at radius 3 is 2.60 bits per heavy atom. The van der Waals surface area contributed by atoms with Gasteiger partial charge in [-0.25, -0.2) is 0 Å². The van der Waals surface area contributed by atoms with Gasteiger partial charge in [0.15, 0.2) is 5.43 Å². The summed E-state index contributed by atoms with van der Waals surface area (Å²) in [4.78, 5) is 19.8. The van der Waals surface area contributed by atoms with E-state index in [-0.39, 0.29) is 5.43 Å². The third-order valence-corrected chi connectivity index (χ3v) is 6.52. The number of pyridine rings is 1. The number of benzene rings is 2. The average Bonchev–Trinajstić information content (AvgIpc) is 2.76. The molecule has 5 nitrogen and oxygen atoms in total. The summed E-state index contributed by atoms with van der Waals surface area (Å²) in [5.41, 5.74) is 3.98. The van der Waals surface area contributed by atoms with Crippen LogP contribution in [0.1, 0.15) is 29.7 Å². The van der Waals surface area contributed by atoms with Gasteiger partial charge in [-0.15, -0.1) is 0 Å². The minimum Gasteiger partial charge on any atom is -0.489 e. The van der Waals surface area contributed by atoms with Crippen molar-refractivity contribution in [2.24, 2.45) is 0 Å². The molecule has 30 heavy (non-hydrogen) atoms. The first-order valence-electron chi connectivity index (χ1n) is 11.0. The molecule has 0 amide bonds. The van der Waals surface area contributed by atoms with Gasteiger partial charge in [-0.3, -0.25) is 4.79 Å². The van der Waals surface area contributed by atoms with E-state index < -0.39 is 0 Å². The molecule has 0 radical (unpaired) electrons. The van der Waals surface area contributed by atoms with Crippen LogP contribution >= 0.6 is 0 Å². The van der Waals surface area contributed by atoms with E-state index in [1.165, 1.54) is 30.8 Å². The topological polar surface area (TPSA) is 51.0 Å². The predicted molar refractivity (Wildman–Crippen MR) is 120 cm³/mol. The third kappa shape index (κ3) is 4.58. The molecular formula is C25H33N3O2+2. The normalized spacial score (nSPS) is 20.2. The molecule has 1 aliphatic rings. The van der Waals surface area contributed by atoms with Gasteiger partial charge in [-0.05, 0) is 30.7 Å². The first-order valence-corrected chi connectivity index (χ1v) is 11.0. The molecule has 1 saturated heterocycles. The third-order valence-electron chi connectivity index (χ3n) is 6.52. The summed E-state index contributed by atoms with van der Waals surface area (Å²) in [7, 11) is 4.50. The minimum absolute atomic E-state index is 0.129. The Morgan fingerprint density at radius 2 is 1.87 bits per heavy atom. The Hall–Kier alpha value is -2.63. The number of aromatic amines is 1. The van der Waals surface area contributed by atoms with Crippen molar-refractivity contribution in [3.05, 3.63) is 75.6 Å². The molecule has 158 valence electrons. The first kappa shape index (κ1) is 20.6. The maximum absolute atomic E-state index is 13.4. The second-order valence-electron chi connectivity index (χ2n) is 8.79. The van der Waals surface area contributed by atoms with Gasteiger partial charge in [0.05, 0.1) is 38.8 Å². The lowest BCUT2D eigenvalue weighted by Gasteiger charge is -2.30. The van der Waals surface area contributed by atoms with Crippen molar-refractivity contribution < 1.29 is 14.5 Å². The van der Waals surface area contributed by atoms with E-state index in [1.807, 2.05) is 55.5 Å². The smallest absolute Gasteiger partial charge is 0.198 e. The molecule has 0 aliphatic carbocycles. The van der Waals surface area contributed by atoms with Crippen molar-refractivity contribution in [2.45, 2.75) is 39.0 Å². The summed E-state index contributed by atoms with van der Waals surface area (Å²) >= 11 is 0. The van der Waals surface area contributed by atoms with E-state index in [9.17, 15) is 4.79 Å². The fourth-order valence-electron chi connectivity index (χ4n) is 4.50. The highest BCUT2D eigenvalue weighted by Crippen LogP contribution is 2.19. The number of likely N-dealkylation sites (tertiary alicyclic amines) is 1. The fourth-order valence-corrected chi connectivity index (χ4v) is 4.50. The Bertz CT molecular complexity index is 1050. The average molecular weight is 408 g/mol. The monoisotopic (exact) mass is 407 g/mol. The molecule has 0 bridgehead atoms. The van der Waals surface area contributed by atoms with Gasteiger partial charge >= 0.3 is 0 Å². The fraction of sp³-hybridized carbons (Fsp3) is 0.400. The van der Waals surface area contributed by atoms with Crippen LogP contribution in [-0.2, 0) is 13.2 Å². The lowest BCUT2D eigenvalue weighted by molar-refractivity contribution is -0.948. The maximum atomic E-state index is 13.4. The quantitative estimate of drug-likeness (QED) is 0.573. The van der Waals surface area contributed by atoms with Crippen molar-refractivity contribution in [3.63, 3.8) is 0 Å². The molecule has 1 atom stereocenters. The van der Waals surface area contributed by atoms with E-state index in [4.69, 9.17) is 4.74 Å². The van der Waals surface area contributed by atoms with Gasteiger partial charge in [0.2, 0.25) is 0 Å². The zero-order chi connectivity index (χ0) is 21.1. The highest BCUT2D eigenvalue weighted by atomic mass is 16.5. The number of aromatic nitrogens is 1. The summed E-state index contributed by atoms with van der Waals surface area (Å²) in [6, 6.07) is 16.5. The minimum atomic E-state index is 0.129. The van der Waals surface area contributed by atoms with Gasteiger partial charge in [0.1, 0.15) is 18.9 Å². The SMILES string of the molecule is Cc1[nH]c2ccc(OCc3ccccc3)cc2c(=O)c1C[NH+](C)C1CC[NH+](C)CC1. The number of rotatable bonds is 6. The number of aryl methyl sites for hydroxylation is 1. The van der Waals surface area contributed by atoms with Gasteiger partial charge < -0.3 is 19.5 Å². The summed E-state index contributed by atoms with van der Waals surface area (Å²) in [5.74, 6) is 0.727. The first-order chi connectivity index (χ1) is 14.5. The number of fused-ring (bicyclic) bond motifs is 1. The van der Waals surface area contributed by atoms with E-state index >= 15 is 0 Å². The highest BCUT2D eigenvalue weighted by Gasteiger charge is 2.27. The number of ether oxygens (including phenoxy) is 1. The van der Waals surface area contributed by atoms with Crippen LogP contribution in [0.4, 0.5) is 0 Å². The molecule has 0 saturated carbocycles. The Labute approximate surface area is 178 Å². The van der Waals surface area contributed by atoms with Crippen molar-refractivity contribution in [2.75, 3.05) is 27.2 Å². The Kier molecular flexibility index (Phi) is 6.21. The summed E-state index contributed by atoms with van der Waals surface area (Å²) in [6.45, 7) is 5.71. The van der Waals surface area contributed by atoms with Gasteiger partial charge in [0, 0.05) is 29.4 Å². The van der Waals surface area contributed by atoms with Crippen LogP contribution in [0.15, 0.2) is 53.3 Å². The molecule has 4 rings (SSSR count). The summed E-state index contributed by atoms with van der Waals surface area (Å²) < 4.78 is 5.95. The van der Waals surface area contributed by atoms with Crippen LogP contribution in [-0.4, -0.2) is 38.2 Å². The van der Waals surface area contributed by atoms with Gasteiger partial charge in [-0.1, -0.05) is 30.3 Å². The number of nitrogens with one attached hydrogen (secondary N) is 3. The molecule has 1 unspecified atom stereocenters. The van der Waals surface area contributed by atoms with Crippen LogP contribution in [0, 0.1) is 6.92 Å². The molecule has 1 fully saturated rings. The molecule has 1 aromatic heterocycles. The van der Waals surface area contributed by atoms with Crippen molar-refractivity contribution in [1.29, 1.82) is 0 Å². The zero-order valence-corrected chi connectivity index (χ0v) is 18.3. The van der Waals surface area contributed by atoms with E-state index in [2.05, 4.69) is 19.1 Å². The molecule has 0 spiro atoms. The van der Waals surface area contributed by atoms with E-state index in [1.54, 1.807) is 4.90 Å². The number of piperidine rings is 1. The number of hydrogen-bond donors (Lipinski definition) is 3. The molecule has 2 heterocycles. The van der Waals surface area contributed by atoms with Crippen LogP contribution in [0.25, 0.3) is 10.9 Å². The van der Waals surface area contributed by atoms with Crippen LogP contribution in [0.5, 0.6) is 5.75 Å². The highest BCUT2D eigenvalue weighted by molar-refractivity contribution is 5.81. The molecular weight excluding hydrogens is 374 g/mol. The molecule has 3 N–H and O–H groups in total. The van der Waals surface area contributed by atoms with Gasteiger partial charge in [-0.2, -0.15) is 0 Å². The number of H-pyrrole nitrogens is 1. The van der Waals surface area contributed by atoms with Crippen LogP contribution < -0.4 is 20.0 Å². The van der Waals surface area contributed by atoms with Crippen LogP contribution in [0.3, 0.4) is 0 Å². The lowest BCUT2D eigenvalue weighted by Crippen LogP contribution is -3.17. The number of hydrogen-bond acceptors (Lipinski definition) is 2. The van der Waals surface area contributed by atoms with E-state index in [0.717, 1.165) is 34.6 Å². The van der Waals surface area contributed by atoms with Crippen molar-refractivity contribution in [1.82, 2.24) is 4.98 Å². The van der Waals surface area contributed by atoms with Gasteiger partial charge in [0.25, 0.3) is 0 Å². The zero-order valence-electron chi connectivity index (χ0n) is 18.3. The molecule has 1 aliphatic heterocycles.